The van der Waals surface area contributed by atoms with Crippen molar-refractivity contribution in [2.24, 2.45) is 0 Å². The van der Waals surface area contributed by atoms with E-state index in [-0.39, 0.29) is 16.6 Å². The summed E-state index contributed by atoms with van der Waals surface area (Å²) in [5.41, 5.74) is 5.43. The van der Waals surface area contributed by atoms with Gasteiger partial charge in [-0.15, -0.1) is 0 Å². The van der Waals surface area contributed by atoms with Gasteiger partial charge in [0, 0.05) is 18.8 Å². The van der Waals surface area contributed by atoms with E-state index >= 15 is 0 Å². The maximum Gasteiger partial charge on any atom is 0.241 e. The van der Waals surface area contributed by atoms with Gasteiger partial charge in [-0.05, 0) is 19.4 Å². The van der Waals surface area contributed by atoms with Gasteiger partial charge >= 0.3 is 0 Å². The highest BCUT2D eigenvalue weighted by Crippen LogP contribution is 2.10. The molecule has 0 aliphatic rings. The van der Waals surface area contributed by atoms with Crippen molar-refractivity contribution < 1.29 is 13.2 Å². The summed E-state index contributed by atoms with van der Waals surface area (Å²) in [6.07, 6.45) is 2.08. The molecular formula is C11H18N4O3S. The van der Waals surface area contributed by atoms with E-state index in [9.17, 15) is 13.2 Å². The number of carbonyl (C=O) groups excluding carboxylic acids is 1. The van der Waals surface area contributed by atoms with E-state index in [2.05, 4.69) is 15.0 Å². The Morgan fingerprint density at radius 2 is 2.21 bits per heavy atom. The van der Waals surface area contributed by atoms with Crippen molar-refractivity contribution in [1.29, 1.82) is 0 Å². The lowest BCUT2D eigenvalue weighted by Crippen LogP contribution is -2.44. The molecule has 0 spiro atoms. The van der Waals surface area contributed by atoms with Crippen LogP contribution >= 0.6 is 0 Å². The van der Waals surface area contributed by atoms with E-state index in [4.69, 9.17) is 5.73 Å². The van der Waals surface area contributed by atoms with Crippen molar-refractivity contribution in [3.8, 4) is 0 Å². The Morgan fingerprint density at radius 1 is 1.53 bits per heavy atom. The topological polar surface area (TPSA) is 114 Å². The lowest BCUT2D eigenvalue weighted by atomic mass is 10.3. The largest absolute Gasteiger partial charge is 0.384 e. The normalized spacial score (nSPS) is 12.9. The smallest absolute Gasteiger partial charge is 0.241 e. The molecule has 1 amide bonds. The van der Waals surface area contributed by atoms with Crippen LogP contribution in [0.15, 0.2) is 23.2 Å². The first-order valence-corrected chi connectivity index (χ1v) is 7.36. The summed E-state index contributed by atoms with van der Waals surface area (Å²) in [5, 5.41) is 2.61. The minimum absolute atomic E-state index is 0.0184. The number of pyridine rings is 1. The lowest BCUT2D eigenvalue weighted by Gasteiger charge is -2.14. The van der Waals surface area contributed by atoms with Gasteiger partial charge in [0.25, 0.3) is 0 Å². The number of aromatic nitrogens is 1. The van der Waals surface area contributed by atoms with Gasteiger partial charge in [0.05, 0.1) is 10.9 Å². The zero-order valence-corrected chi connectivity index (χ0v) is 11.7. The van der Waals surface area contributed by atoms with Gasteiger partial charge in [-0.2, -0.15) is 4.72 Å². The van der Waals surface area contributed by atoms with Crippen LogP contribution in [0.3, 0.4) is 0 Å². The summed E-state index contributed by atoms with van der Waals surface area (Å²) in [7, 11) is -3.78. The summed E-state index contributed by atoms with van der Waals surface area (Å²) in [6.45, 7) is 3.90. The molecule has 0 aliphatic heterocycles. The van der Waals surface area contributed by atoms with Crippen LogP contribution in [-0.2, 0) is 14.8 Å². The number of sulfonamides is 1. The molecule has 4 N–H and O–H groups in total. The SMILES string of the molecule is CCCNC(=O)C(C)NS(=O)(=O)c1ccnc(N)c1. The van der Waals surface area contributed by atoms with Crippen LogP contribution in [0.1, 0.15) is 20.3 Å². The van der Waals surface area contributed by atoms with Gasteiger partial charge in [-0.25, -0.2) is 13.4 Å². The number of anilines is 1. The summed E-state index contributed by atoms with van der Waals surface area (Å²) in [4.78, 5) is 15.3. The molecule has 7 nitrogen and oxygen atoms in total. The first-order chi connectivity index (χ1) is 8.86. The number of amides is 1. The Kier molecular flexibility index (Phi) is 5.25. The Labute approximate surface area is 112 Å². The van der Waals surface area contributed by atoms with Crippen LogP contribution in [0, 0.1) is 0 Å². The van der Waals surface area contributed by atoms with E-state index in [1.165, 1.54) is 25.3 Å². The van der Waals surface area contributed by atoms with Gasteiger partial charge in [-0.3, -0.25) is 4.79 Å². The standard InChI is InChI=1S/C11H18N4O3S/c1-3-5-14-11(16)8(2)15-19(17,18)9-4-6-13-10(12)7-9/h4,6-8,15H,3,5H2,1-2H3,(H2,12,13)(H,14,16). The summed E-state index contributed by atoms with van der Waals surface area (Å²) < 4.78 is 26.3. The van der Waals surface area contributed by atoms with Gasteiger partial charge in [0.1, 0.15) is 5.82 Å². The van der Waals surface area contributed by atoms with Crippen molar-refractivity contribution in [2.45, 2.75) is 31.2 Å². The van der Waals surface area contributed by atoms with Crippen LogP contribution in [-0.4, -0.2) is 31.9 Å². The lowest BCUT2D eigenvalue weighted by molar-refractivity contribution is -0.122. The van der Waals surface area contributed by atoms with E-state index in [1.807, 2.05) is 6.92 Å². The van der Waals surface area contributed by atoms with E-state index in [0.29, 0.717) is 6.54 Å². The fourth-order valence-electron chi connectivity index (χ4n) is 1.35. The minimum Gasteiger partial charge on any atom is -0.384 e. The molecule has 1 aromatic rings. The van der Waals surface area contributed by atoms with Crippen molar-refractivity contribution in [3.63, 3.8) is 0 Å². The molecule has 0 fully saturated rings. The molecule has 1 aromatic heterocycles. The predicted molar refractivity (Wildman–Crippen MR) is 71.7 cm³/mol. The molecule has 0 radical (unpaired) electrons. The van der Waals surface area contributed by atoms with Crippen molar-refractivity contribution in [1.82, 2.24) is 15.0 Å². The highest BCUT2D eigenvalue weighted by molar-refractivity contribution is 7.89. The molecule has 106 valence electrons. The highest BCUT2D eigenvalue weighted by Gasteiger charge is 2.21. The zero-order chi connectivity index (χ0) is 14.5. The zero-order valence-electron chi connectivity index (χ0n) is 10.9. The molecule has 1 heterocycles. The summed E-state index contributed by atoms with van der Waals surface area (Å²) in [6, 6.07) is 1.69. The molecule has 0 saturated heterocycles. The predicted octanol–water partition coefficient (Wildman–Crippen LogP) is -0.143. The maximum absolute atomic E-state index is 12.0. The van der Waals surface area contributed by atoms with E-state index < -0.39 is 16.1 Å². The molecule has 0 saturated carbocycles. The fraction of sp³-hybridized carbons (Fsp3) is 0.455. The van der Waals surface area contributed by atoms with E-state index in [0.717, 1.165) is 6.42 Å². The van der Waals surface area contributed by atoms with Crippen LogP contribution in [0.2, 0.25) is 0 Å². The highest BCUT2D eigenvalue weighted by atomic mass is 32.2. The molecule has 1 unspecified atom stereocenters. The molecule has 1 atom stereocenters. The number of hydrogen-bond donors (Lipinski definition) is 3. The first kappa shape index (κ1) is 15.4. The molecule has 19 heavy (non-hydrogen) atoms. The van der Waals surface area contributed by atoms with Crippen LogP contribution in [0.5, 0.6) is 0 Å². The molecule has 1 rings (SSSR count). The summed E-state index contributed by atoms with van der Waals surface area (Å²) >= 11 is 0. The monoisotopic (exact) mass is 286 g/mol. The fourth-order valence-corrected chi connectivity index (χ4v) is 2.58. The number of nitrogens with zero attached hydrogens (tertiary/aromatic N) is 1. The van der Waals surface area contributed by atoms with Crippen LogP contribution in [0.4, 0.5) is 5.82 Å². The first-order valence-electron chi connectivity index (χ1n) is 5.88. The van der Waals surface area contributed by atoms with Gasteiger partial charge in [-0.1, -0.05) is 6.92 Å². The second-order valence-electron chi connectivity index (χ2n) is 4.05. The second-order valence-corrected chi connectivity index (χ2v) is 5.76. The second kappa shape index (κ2) is 6.48. The number of nitrogens with one attached hydrogen (secondary N) is 2. The molecule has 0 aliphatic carbocycles. The molecule has 0 aromatic carbocycles. The summed E-state index contributed by atoms with van der Waals surface area (Å²) in [5.74, 6) is -0.265. The Bertz CT molecular complexity index is 545. The van der Waals surface area contributed by atoms with Gasteiger partial charge in [0.2, 0.25) is 15.9 Å². The Morgan fingerprint density at radius 3 is 2.79 bits per heavy atom. The Balaban J connectivity index is 2.77. The van der Waals surface area contributed by atoms with E-state index in [1.54, 1.807) is 0 Å². The molecule has 8 heteroatoms. The van der Waals surface area contributed by atoms with Crippen LogP contribution < -0.4 is 15.8 Å². The average molecular weight is 286 g/mol. The third-order valence-electron chi connectivity index (χ3n) is 2.34. The average Bonchev–Trinajstić information content (AvgIpc) is 2.35. The van der Waals surface area contributed by atoms with Gasteiger partial charge in [0.15, 0.2) is 0 Å². The van der Waals surface area contributed by atoms with Crippen LogP contribution in [0.25, 0.3) is 0 Å². The molecule has 0 bridgehead atoms. The van der Waals surface area contributed by atoms with Crippen molar-refractivity contribution in [2.75, 3.05) is 12.3 Å². The molecular weight excluding hydrogens is 268 g/mol. The minimum atomic E-state index is -3.78. The number of nitrogen functional groups attached to an aromatic ring is 1. The number of carbonyl (C=O) groups is 1. The third kappa shape index (κ3) is 4.49. The van der Waals surface area contributed by atoms with Gasteiger partial charge < -0.3 is 11.1 Å². The Hall–Kier alpha value is -1.67. The quantitative estimate of drug-likeness (QED) is 0.673. The van der Waals surface area contributed by atoms with Crippen molar-refractivity contribution >= 4 is 21.7 Å². The third-order valence-corrected chi connectivity index (χ3v) is 3.88. The maximum atomic E-state index is 12.0. The number of rotatable bonds is 6. The number of nitrogens with two attached hydrogens (primary N) is 1. The number of hydrogen-bond acceptors (Lipinski definition) is 5. The van der Waals surface area contributed by atoms with Crippen molar-refractivity contribution in [3.05, 3.63) is 18.3 Å².